The molecular weight excluding hydrogens is 292 g/mol. The molecule has 0 spiro atoms. The molecule has 1 aromatic carbocycles. The highest BCUT2D eigenvalue weighted by Gasteiger charge is 2.16. The molecule has 2 N–H and O–H groups in total. The van der Waals surface area contributed by atoms with E-state index in [0.29, 0.717) is 6.67 Å². The molecule has 0 heterocycles. The fourth-order valence-corrected chi connectivity index (χ4v) is 2.65. The molecule has 1 aromatic rings. The minimum absolute atomic E-state index is 0.577. The van der Waals surface area contributed by atoms with E-state index in [1.807, 2.05) is 7.05 Å². The quantitative estimate of drug-likeness (QED) is 0.849. The summed E-state index contributed by atoms with van der Waals surface area (Å²) in [6.07, 6.45) is 0.947. The number of nitrogens with two attached hydrogens (primary N) is 1. The Bertz CT molecular complexity index is 433. The van der Waals surface area contributed by atoms with Crippen LogP contribution in [0.15, 0.2) is 4.47 Å². The first kappa shape index (κ1) is 15.5. The van der Waals surface area contributed by atoms with Crippen LogP contribution in [0.5, 0.6) is 5.75 Å². The normalized spacial score (nSPS) is 11.1. The highest BCUT2D eigenvalue weighted by molar-refractivity contribution is 9.10. The van der Waals surface area contributed by atoms with Gasteiger partial charge in [0.2, 0.25) is 0 Å². The molecule has 0 radical (unpaired) electrons. The van der Waals surface area contributed by atoms with Crippen molar-refractivity contribution in [3.8, 4) is 5.75 Å². The van der Waals surface area contributed by atoms with Gasteiger partial charge in [-0.2, -0.15) is 0 Å². The van der Waals surface area contributed by atoms with Crippen LogP contribution in [-0.2, 0) is 6.42 Å². The minimum Gasteiger partial charge on any atom is -0.496 e. The van der Waals surface area contributed by atoms with Crippen LogP contribution >= 0.6 is 15.9 Å². The predicted octanol–water partition coefficient (Wildman–Crippen LogP) is 2.77. The topological polar surface area (TPSA) is 38.5 Å². The van der Waals surface area contributed by atoms with Gasteiger partial charge >= 0.3 is 0 Å². The predicted molar refractivity (Wildman–Crippen MR) is 80.3 cm³/mol. The monoisotopic (exact) mass is 314 g/mol. The lowest BCUT2D eigenvalue weighted by Crippen LogP contribution is -2.28. The van der Waals surface area contributed by atoms with E-state index in [2.05, 4.69) is 41.6 Å². The third kappa shape index (κ3) is 3.05. The third-order valence-electron chi connectivity index (χ3n) is 3.55. The summed E-state index contributed by atoms with van der Waals surface area (Å²) in [4.78, 5) is 2.10. The van der Waals surface area contributed by atoms with E-state index in [1.165, 1.54) is 26.7 Å². The molecule has 3 nitrogen and oxygen atoms in total. The Hall–Kier alpha value is -0.580. The van der Waals surface area contributed by atoms with Crippen LogP contribution in [0.4, 0.5) is 0 Å². The van der Waals surface area contributed by atoms with E-state index < -0.39 is 0 Å². The first-order valence-electron chi connectivity index (χ1n) is 6.14. The van der Waals surface area contributed by atoms with E-state index in [1.54, 1.807) is 7.11 Å². The summed E-state index contributed by atoms with van der Waals surface area (Å²) < 4.78 is 6.77. The molecule has 18 heavy (non-hydrogen) atoms. The van der Waals surface area contributed by atoms with Crippen LogP contribution in [0.1, 0.15) is 22.3 Å². The Labute approximate surface area is 118 Å². The standard InChI is InChI=1S/C14H23BrN2O/c1-9-10(2)14(18-5)12(11(3)13(9)15)6-7-17(4)8-16/h6-8,16H2,1-5H3. The molecule has 0 aliphatic carbocycles. The lowest BCUT2D eigenvalue weighted by molar-refractivity contribution is 0.344. The SMILES string of the molecule is COc1c(C)c(C)c(Br)c(C)c1CCN(C)CN. The number of benzene rings is 1. The summed E-state index contributed by atoms with van der Waals surface area (Å²) in [6.45, 7) is 7.87. The van der Waals surface area contributed by atoms with Gasteiger partial charge in [0.15, 0.2) is 0 Å². The Balaban J connectivity index is 3.16. The number of rotatable bonds is 5. The van der Waals surface area contributed by atoms with Crippen LogP contribution in [-0.4, -0.2) is 32.3 Å². The molecule has 0 amide bonds. The summed E-state index contributed by atoms with van der Waals surface area (Å²) in [5, 5.41) is 0. The zero-order valence-corrected chi connectivity index (χ0v) is 13.5. The number of methoxy groups -OCH3 is 1. The molecule has 0 fully saturated rings. The number of hydrogen-bond donors (Lipinski definition) is 1. The number of ether oxygens (including phenoxy) is 1. The van der Waals surface area contributed by atoms with Crippen molar-refractivity contribution in [1.82, 2.24) is 4.90 Å². The largest absolute Gasteiger partial charge is 0.496 e. The third-order valence-corrected chi connectivity index (χ3v) is 4.74. The van der Waals surface area contributed by atoms with Crippen LogP contribution in [0.25, 0.3) is 0 Å². The van der Waals surface area contributed by atoms with Gasteiger partial charge in [0, 0.05) is 17.7 Å². The van der Waals surface area contributed by atoms with Gasteiger partial charge in [-0.3, -0.25) is 4.90 Å². The molecule has 0 aliphatic rings. The fourth-order valence-electron chi connectivity index (χ4n) is 2.12. The molecule has 0 atom stereocenters. The number of likely N-dealkylation sites (N-methyl/N-ethyl adjacent to an activating group) is 1. The maximum absolute atomic E-state index is 5.61. The minimum atomic E-state index is 0.577. The molecule has 0 unspecified atom stereocenters. The summed E-state index contributed by atoms with van der Waals surface area (Å²) >= 11 is 3.67. The Morgan fingerprint density at radius 2 is 1.78 bits per heavy atom. The van der Waals surface area contributed by atoms with Gasteiger partial charge in [-0.15, -0.1) is 0 Å². The van der Waals surface area contributed by atoms with Crippen molar-refractivity contribution in [2.45, 2.75) is 27.2 Å². The van der Waals surface area contributed by atoms with Crippen molar-refractivity contribution in [3.05, 3.63) is 26.7 Å². The van der Waals surface area contributed by atoms with Gasteiger partial charge < -0.3 is 10.5 Å². The second-order valence-electron chi connectivity index (χ2n) is 4.71. The van der Waals surface area contributed by atoms with Crippen LogP contribution in [0.3, 0.4) is 0 Å². The summed E-state index contributed by atoms with van der Waals surface area (Å²) in [5.74, 6) is 1.01. The van der Waals surface area contributed by atoms with E-state index in [0.717, 1.165) is 18.7 Å². The molecule has 4 heteroatoms. The van der Waals surface area contributed by atoms with Crippen molar-refractivity contribution in [2.24, 2.45) is 5.73 Å². The average molecular weight is 315 g/mol. The van der Waals surface area contributed by atoms with Crippen LogP contribution < -0.4 is 10.5 Å². The second kappa shape index (κ2) is 6.55. The van der Waals surface area contributed by atoms with E-state index in [9.17, 15) is 0 Å². The molecule has 0 aliphatic heterocycles. The smallest absolute Gasteiger partial charge is 0.125 e. The average Bonchev–Trinajstić information content (AvgIpc) is 2.38. The Morgan fingerprint density at radius 1 is 1.17 bits per heavy atom. The van der Waals surface area contributed by atoms with Crippen LogP contribution in [0, 0.1) is 20.8 Å². The zero-order chi connectivity index (χ0) is 13.9. The van der Waals surface area contributed by atoms with E-state index >= 15 is 0 Å². The highest BCUT2D eigenvalue weighted by atomic mass is 79.9. The lowest BCUT2D eigenvalue weighted by Gasteiger charge is -2.21. The van der Waals surface area contributed by atoms with E-state index in [-0.39, 0.29) is 0 Å². The number of halogens is 1. The van der Waals surface area contributed by atoms with Gasteiger partial charge in [0.1, 0.15) is 5.75 Å². The highest BCUT2D eigenvalue weighted by Crippen LogP contribution is 2.36. The molecular formula is C14H23BrN2O. The summed E-state index contributed by atoms with van der Waals surface area (Å²) in [5.41, 5.74) is 10.6. The van der Waals surface area contributed by atoms with Crippen molar-refractivity contribution in [1.29, 1.82) is 0 Å². The molecule has 0 saturated heterocycles. The number of nitrogens with zero attached hydrogens (tertiary/aromatic N) is 1. The Morgan fingerprint density at radius 3 is 2.28 bits per heavy atom. The Kier molecular flexibility index (Phi) is 5.63. The zero-order valence-electron chi connectivity index (χ0n) is 11.9. The first-order valence-corrected chi connectivity index (χ1v) is 6.94. The first-order chi connectivity index (χ1) is 8.43. The van der Waals surface area contributed by atoms with E-state index in [4.69, 9.17) is 10.5 Å². The molecule has 102 valence electrons. The molecule has 0 saturated carbocycles. The van der Waals surface area contributed by atoms with Crippen molar-refractivity contribution >= 4 is 15.9 Å². The van der Waals surface area contributed by atoms with Gasteiger partial charge in [0.25, 0.3) is 0 Å². The van der Waals surface area contributed by atoms with Gasteiger partial charge in [-0.05, 0) is 56.5 Å². The summed E-state index contributed by atoms with van der Waals surface area (Å²) in [7, 11) is 3.77. The maximum atomic E-state index is 5.61. The van der Waals surface area contributed by atoms with Crippen molar-refractivity contribution in [2.75, 3.05) is 27.4 Å². The van der Waals surface area contributed by atoms with Gasteiger partial charge in [-0.25, -0.2) is 0 Å². The van der Waals surface area contributed by atoms with Crippen molar-refractivity contribution < 1.29 is 4.74 Å². The second-order valence-corrected chi connectivity index (χ2v) is 5.51. The van der Waals surface area contributed by atoms with Crippen LogP contribution in [0.2, 0.25) is 0 Å². The molecule has 0 bridgehead atoms. The molecule has 1 rings (SSSR count). The number of hydrogen-bond acceptors (Lipinski definition) is 3. The fraction of sp³-hybridized carbons (Fsp3) is 0.571. The van der Waals surface area contributed by atoms with Gasteiger partial charge in [0.05, 0.1) is 7.11 Å². The maximum Gasteiger partial charge on any atom is 0.125 e. The lowest BCUT2D eigenvalue weighted by atomic mass is 9.97. The summed E-state index contributed by atoms with van der Waals surface area (Å²) in [6, 6.07) is 0. The van der Waals surface area contributed by atoms with Gasteiger partial charge in [-0.1, -0.05) is 15.9 Å². The van der Waals surface area contributed by atoms with Crippen molar-refractivity contribution in [3.63, 3.8) is 0 Å². The molecule has 0 aromatic heterocycles.